The Kier molecular flexibility index (Phi) is 9.33. The fourth-order valence-corrected chi connectivity index (χ4v) is 3.97. The van der Waals surface area contributed by atoms with Crippen molar-refractivity contribution in [2.45, 2.75) is 41.5 Å². The molecule has 2 N–H and O–H groups in total. The fourth-order valence-electron chi connectivity index (χ4n) is 3.10. The molecule has 0 unspecified atom stereocenters. The van der Waals surface area contributed by atoms with Crippen molar-refractivity contribution in [2.75, 3.05) is 19.0 Å². The van der Waals surface area contributed by atoms with Crippen molar-refractivity contribution in [1.29, 1.82) is 0 Å². The van der Waals surface area contributed by atoms with E-state index in [1.807, 2.05) is 5.32 Å². The van der Waals surface area contributed by atoms with E-state index in [4.69, 9.17) is 0 Å². The molecule has 0 saturated heterocycles. The molecule has 0 saturated carbocycles. The molecule has 0 aliphatic rings. The number of anilines is 1. The molecule has 0 aliphatic carbocycles. The van der Waals surface area contributed by atoms with Crippen LogP contribution in [0.5, 0.6) is 0 Å². The molecule has 2 heterocycles. The minimum Gasteiger partial charge on any atom is -0.355 e. The third-order valence-electron chi connectivity index (χ3n) is 5.14. The van der Waals surface area contributed by atoms with Crippen LogP contribution >= 0.6 is 11.8 Å². The second-order valence-corrected chi connectivity index (χ2v) is 8.96. The number of nitrogens with zero attached hydrogens (tertiary/aromatic N) is 6. The first-order valence-corrected chi connectivity index (χ1v) is 12.0. The number of likely N-dealkylation sites (N-methyl/N-ethyl adjacent to an activating group) is 1. The zero-order valence-electron chi connectivity index (χ0n) is 21.0. The maximum absolute atomic E-state index is 14.6. The van der Waals surface area contributed by atoms with Crippen molar-refractivity contribution in [3.05, 3.63) is 52.3 Å². The van der Waals surface area contributed by atoms with E-state index in [0.717, 1.165) is 17.9 Å². The van der Waals surface area contributed by atoms with Crippen molar-refractivity contribution in [1.82, 2.24) is 30.5 Å². The number of hydrogen-bond donors (Lipinski definition) is 2. The van der Waals surface area contributed by atoms with E-state index >= 15 is 0 Å². The molecule has 0 atom stereocenters. The molecule has 2 amide bonds. The van der Waals surface area contributed by atoms with Gasteiger partial charge in [-0.05, 0) is 41.2 Å². The van der Waals surface area contributed by atoms with Gasteiger partial charge in [-0.15, -0.1) is 5.10 Å². The molecule has 3 rings (SSSR count). The minimum atomic E-state index is -6.67. The number of rotatable bonds is 11. The summed E-state index contributed by atoms with van der Waals surface area (Å²) in [4.78, 5) is 44.5. The van der Waals surface area contributed by atoms with Crippen molar-refractivity contribution < 1.29 is 54.5 Å². The van der Waals surface area contributed by atoms with Gasteiger partial charge in [-0.2, -0.15) is 30.7 Å². The van der Waals surface area contributed by atoms with Crippen LogP contribution in [0.4, 0.5) is 46.6 Å². The summed E-state index contributed by atoms with van der Waals surface area (Å²) in [6.07, 6.45) is -6.83. The maximum Gasteiger partial charge on any atom is 0.460 e. The molecule has 226 valence electrons. The Morgan fingerprint density at radius 2 is 1.81 bits per heavy atom. The topological polar surface area (TPSA) is 144 Å². The Morgan fingerprint density at radius 3 is 2.40 bits per heavy atom. The van der Waals surface area contributed by atoms with E-state index in [-0.39, 0.29) is 39.5 Å². The average Bonchev–Trinajstić information content (AvgIpc) is 3.34. The van der Waals surface area contributed by atoms with E-state index in [0.29, 0.717) is 18.3 Å². The summed E-state index contributed by atoms with van der Waals surface area (Å²) in [6.45, 7) is 1.67. The number of halogens is 8. The van der Waals surface area contributed by atoms with Crippen molar-refractivity contribution in [3.63, 3.8) is 0 Å². The average molecular weight is 629 g/mol. The Morgan fingerprint density at radius 1 is 1.12 bits per heavy atom. The molecule has 3 aromatic rings. The van der Waals surface area contributed by atoms with E-state index in [1.54, 1.807) is 6.92 Å². The van der Waals surface area contributed by atoms with Gasteiger partial charge in [-0.25, -0.2) is 18.9 Å². The standard InChI is InChI=1S/C21H16F8N8O4S/c1-3-30-15(38)9-36-18(33-34-35-36)42-14-5-4-11(37(40)41-2)7-12(14)17(39)32-16-13(22)6-10(8-31-16)19(23,24)20(25,26)21(27,28)29/h4-8H,3,9H2,1-2H3,(H-,30,31,32,38,39)/p+1. The van der Waals surface area contributed by atoms with Crippen LogP contribution in [0.1, 0.15) is 22.8 Å². The molecule has 12 nitrogen and oxygen atoms in total. The van der Waals surface area contributed by atoms with Gasteiger partial charge >= 0.3 is 23.7 Å². The number of benzene rings is 1. The van der Waals surface area contributed by atoms with Crippen LogP contribution in [0.2, 0.25) is 0 Å². The molecule has 0 radical (unpaired) electrons. The van der Waals surface area contributed by atoms with Gasteiger partial charge in [0.15, 0.2) is 18.7 Å². The lowest BCUT2D eigenvalue weighted by molar-refractivity contribution is -0.736. The number of aromatic nitrogens is 5. The smallest absolute Gasteiger partial charge is 0.355 e. The minimum absolute atomic E-state index is 0.00100. The van der Waals surface area contributed by atoms with Gasteiger partial charge in [0.1, 0.15) is 6.54 Å². The zero-order chi connectivity index (χ0) is 31.5. The number of nitrogens with one attached hydrogen (secondary N) is 2. The largest absolute Gasteiger partial charge is 0.460 e. The third-order valence-corrected chi connectivity index (χ3v) is 6.19. The zero-order valence-corrected chi connectivity index (χ0v) is 21.9. The van der Waals surface area contributed by atoms with E-state index in [1.165, 1.54) is 12.1 Å². The molecular weight excluding hydrogens is 612 g/mol. The van der Waals surface area contributed by atoms with Crippen LogP contribution in [0.3, 0.4) is 0 Å². The molecule has 21 heteroatoms. The van der Waals surface area contributed by atoms with Crippen molar-refractivity contribution in [3.8, 4) is 0 Å². The maximum atomic E-state index is 14.6. The summed E-state index contributed by atoms with van der Waals surface area (Å²) in [5.74, 6) is -17.2. The monoisotopic (exact) mass is 629 g/mol. The Labute approximate surface area is 233 Å². The number of alkyl halides is 7. The van der Waals surface area contributed by atoms with Gasteiger partial charge in [0.05, 0.1) is 10.5 Å². The Bertz CT molecular complexity index is 1500. The quantitative estimate of drug-likeness (QED) is 0.238. The highest BCUT2D eigenvalue weighted by atomic mass is 32.2. The van der Waals surface area contributed by atoms with E-state index in [9.17, 15) is 49.6 Å². The highest BCUT2D eigenvalue weighted by Crippen LogP contribution is 2.51. The first-order chi connectivity index (χ1) is 19.5. The molecule has 0 bridgehead atoms. The fraction of sp³-hybridized carbons (Fsp3) is 0.333. The number of tetrazole rings is 1. The van der Waals surface area contributed by atoms with Crippen LogP contribution in [-0.4, -0.2) is 67.7 Å². The normalized spacial score (nSPS) is 12.1. The number of carbonyl (C=O) groups is 2. The van der Waals surface area contributed by atoms with Gasteiger partial charge in [0, 0.05) is 35.3 Å². The van der Waals surface area contributed by atoms with E-state index in [2.05, 4.69) is 30.7 Å². The summed E-state index contributed by atoms with van der Waals surface area (Å²) in [7, 11) is 1.00. The second kappa shape index (κ2) is 12.2. The molecule has 42 heavy (non-hydrogen) atoms. The predicted molar refractivity (Wildman–Crippen MR) is 124 cm³/mol. The first kappa shape index (κ1) is 32.1. The number of amides is 2. The van der Waals surface area contributed by atoms with Crippen LogP contribution < -0.4 is 10.6 Å². The van der Waals surface area contributed by atoms with Gasteiger partial charge in [-0.3, -0.25) is 9.59 Å². The highest BCUT2D eigenvalue weighted by Gasteiger charge is 2.73. The molecule has 0 aliphatic heterocycles. The van der Waals surface area contributed by atoms with Gasteiger partial charge in [0.25, 0.3) is 10.8 Å². The molecule has 0 fully saturated rings. The van der Waals surface area contributed by atoms with Gasteiger partial charge in [-0.1, -0.05) is 0 Å². The Balaban J connectivity index is 1.95. The SMILES string of the molecule is CCNC(=O)Cn1nnnc1Sc1ccc([N+](=O)OC)cc1C(=O)Nc1ncc(C(F)(F)C(F)(F)C(F)(F)F)cc1F. The van der Waals surface area contributed by atoms with Gasteiger partial charge in [0.2, 0.25) is 11.1 Å². The molecule has 2 aromatic heterocycles. The summed E-state index contributed by atoms with van der Waals surface area (Å²) >= 11 is 0.711. The third kappa shape index (κ3) is 6.55. The van der Waals surface area contributed by atoms with Crippen molar-refractivity contribution in [2.24, 2.45) is 0 Å². The molecule has 1 aromatic carbocycles. The second-order valence-electron chi connectivity index (χ2n) is 7.95. The van der Waals surface area contributed by atoms with Crippen molar-refractivity contribution >= 4 is 35.1 Å². The summed E-state index contributed by atoms with van der Waals surface area (Å²) in [5.41, 5.74) is -2.77. The predicted octanol–water partition coefficient (Wildman–Crippen LogP) is 4.01. The van der Waals surface area contributed by atoms with Gasteiger partial charge < -0.3 is 10.6 Å². The summed E-state index contributed by atoms with van der Waals surface area (Å²) in [5, 5.41) is 15.2. The molecular formula is C21H17F8N8O4S+. The van der Waals surface area contributed by atoms with Crippen LogP contribution in [0.15, 0.2) is 40.5 Å². The van der Waals surface area contributed by atoms with E-state index < -0.39 is 52.6 Å². The number of carbonyl (C=O) groups excluding carboxylic acids is 2. The number of pyridine rings is 1. The molecule has 0 spiro atoms. The number of hydrogen-bond acceptors (Lipinski definition) is 9. The summed E-state index contributed by atoms with van der Waals surface area (Å²) < 4.78 is 108. The lowest BCUT2D eigenvalue weighted by Crippen LogP contribution is -2.50. The Hall–Kier alpha value is -4.43. The lowest BCUT2D eigenvalue weighted by Gasteiger charge is -2.28. The van der Waals surface area contributed by atoms with Crippen LogP contribution in [0, 0.1) is 10.7 Å². The first-order valence-electron chi connectivity index (χ1n) is 11.2. The van der Waals surface area contributed by atoms with Crippen LogP contribution in [-0.2, 0) is 22.1 Å². The highest BCUT2D eigenvalue weighted by molar-refractivity contribution is 7.99. The summed E-state index contributed by atoms with van der Waals surface area (Å²) in [6, 6.07) is 3.03. The lowest BCUT2D eigenvalue weighted by atomic mass is 10.0. The van der Waals surface area contributed by atoms with Crippen LogP contribution in [0.25, 0.3) is 0 Å².